The van der Waals surface area contributed by atoms with Crippen LogP contribution in [-0.4, -0.2) is 34.0 Å². The molecular weight excluding hydrogens is 404 g/mol. The molecule has 1 heterocycles. The van der Waals surface area contributed by atoms with Crippen molar-refractivity contribution in [2.24, 2.45) is 0 Å². The summed E-state index contributed by atoms with van der Waals surface area (Å²) in [6, 6.07) is 6.90. The molecule has 1 aromatic heterocycles. The predicted octanol–water partition coefficient (Wildman–Crippen LogP) is 2.11. The van der Waals surface area contributed by atoms with Gasteiger partial charge in [0.25, 0.3) is 0 Å². The van der Waals surface area contributed by atoms with E-state index >= 15 is 0 Å². The molecule has 0 unspecified atom stereocenters. The fraction of sp³-hybridized carbons (Fsp3) is 0.133. The molecule has 0 bridgehead atoms. The number of halogens is 3. The molecule has 0 saturated carbocycles. The highest BCUT2D eigenvalue weighted by molar-refractivity contribution is 7.92. The Hall–Kier alpha value is -2.79. The number of hydrogen-bond acceptors (Lipinski definition) is 5. The maximum absolute atomic E-state index is 14.3. The predicted molar refractivity (Wildman–Crippen MR) is 95.0 cm³/mol. The zero-order valence-electron chi connectivity index (χ0n) is 13.7. The smallest absolute Gasteiger partial charge is 0.282 e. The standard InChI is InChI=1S/C15H12ClF2N5O3S/c1-2-27(25,26)19-13-8-14(12(18)7-11(13)16)23-15(24)22(20-21-23)10-5-3-4-9(17)6-10/h3-8,19H,2H2,1H3. The third-order valence-corrected chi connectivity index (χ3v) is 5.15. The van der Waals surface area contributed by atoms with E-state index in [0.717, 1.165) is 22.9 Å². The SMILES string of the molecule is CCS(=O)(=O)Nc1cc(-n2nnn(-c3cccc(F)c3)c2=O)c(F)cc1Cl. The van der Waals surface area contributed by atoms with E-state index in [-0.39, 0.29) is 27.8 Å². The van der Waals surface area contributed by atoms with Crippen molar-refractivity contribution in [1.82, 2.24) is 19.8 Å². The van der Waals surface area contributed by atoms with Crippen molar-refractivity contribution in [3.05, 3.63) is 63.5 Å². The van der Waals surface area contributed by atoms with Crippen LogP contribution >= 0.6 is 11.6 Å². The lowest BCUT2D eigenvalue weighted by Gasteiger charge is -2.10. The van der Waals surface area contributed by atoms with Crippen molar-refractivity contribution in [3.8, 4) is 11.4 Å². The van der Waals surface area contributed by atoms with Crippen LogP contribution in [0.2, 0.25) is 5.02 Å². The second-order valence-electron chi connectivity index (χ2n) is 5.35. The van der Waals surface area contributed by atoms with Crippen LogP contribution in [0.5, 0.6) is 0 Å². The van der Waals surface area contributed by atoms with E-state index in [1.807, 2.05) is 0 Å². The van der Waals surface area contributed by atoms with Gasteiger partial charge in [0.05, 0.1) is 22.2 Å². The monoisotopic (exact) mass is 415 g/mol. The summed E-state index contributed by atoms with van der Waals surface area (Å²) in [5, 5.41) is 6.98. The molecule has 0 fully saturated rings. The number of rotatable bonds is 5. The lowest BCUT2D eigenvalue weighted by Crippen LogP contribution is -2.24. The van der Waals surface area contributed by atoms with Crippen LogP contribution in [0.15, 0.2) is 41.2 Å². The highest BCUT2D eigenvalue weighted by Crippen LogP contribution is 2.27. The summed E-state index contributed by atoms with van der Waals surface area (Å²) in [7, 11) is -3.69. The van der Waals surface area contributed by atoms with Crippen molar-refractivity contribution in [3.63, 3.8) is 0 Å². The lowest BCUT2D eigenvalue weighted by atomic mass is 10.2. The summed E-state index contributed by atoms with van der Waals surface area (Å²) >= 11 is 5.87. The summed E-state index contributed by atoms with van der Waals surface area (Å²) < 4.78 is 54.7. The van der Waals surface area contributed by atoms with Gasteiger partial charge in [-0.1, -0.05) is 17.7 Å². The number of tetrazole rings is 1. The molecule has 3 rings (SSSR count). The molecule has 0 aliphatic carbocycles. The Bertz CT molecular complexity index is 1180. The molecule has 12 heteroatoms. The molecule has 2 aromatic carbocycles. The Balaban J connectivity index is 2.11. The molecular formula is C15H12ClF2N5O3S. The molecule has 1 N–H and O–H groups in total. The van der Waals surface area contributed by atoms with Gasteiger partial charge in [-0.25, -0.2) is 22.0 Å². The summed E-state index contributed by atoms with van der Waals surface area (Å²) in [5.74, 6) is -1.75. The molecule has 0 spiro atoms. The van der Waals surface area contributed by atoms with Gasteiger partial charge in [-0.3, -0.25) is 4.72 Å². The Morgan fingerprint density at radius 2 is 1.85 bits per heavy atom. The molecule has 0 saturated heterocycles. The molecule has 8 nitrogen and oxygen atoms in total. The van der Waals surface area contributed by atoms with Gasteiger partial charge in [-0.2, -0.15) is 9.36 Å². The minimum Gasteiger partial charge on any atom is -0.282 e. The minimum atomic E-state index is -3.69. The second-order valence-corrected chi connectivity index (χ2v) is 7.77. The van der Waals surface area contributed by atoms with Crippen molar-refractivity contribution in [1.29, 1.82) is 0 Å². The average molecular weight is 416 g/mol. The maximum Gasteiger partial charge on any atom is 0.373 e. The number of nitrogens with one attached hydrogen (secondary N) is 1. The first-order valence-corrected chi connectivity index (χ1v) is 9.56. The number of benzene rings is 2. The van der Waals surface area contributed by atoms with Crippen LogP contribution in [0.1, 0.15) is 6.92 Å². The fourth-order valence-corrected chi connectivity index (χ4v) is 3.09. The number of hydrogen-bond donors (Lipinski definition) is 1. The van der Waals surface area contributed by atoms with E-state index < -0.39 is 27.3 Å². The molecule has 0 radical (unpaired) electrons. The third kappa shape index (κ3) is 3.83. The zero-order valence-corrected chi connectivity index (χ0v) is 15.3. The first-order valence-electron chi connectivity index (χ1n) is 7.52. The van der Waals surface area contributed by atoms with Gasteiger partial charge in [0.2, 0.25) is 10.0 Å². The first kappa shape index (κ1) is 19.0. The Labute approximate surface area is 157 Å². The normalized spacial score (nSPS) is 11.6. The van der Waals surface area contributed by atoms with Crippen LogP contribution in [0, 0.1) is 11.6 Å². The molecule has 0 aliphatic heterocycles. The Morgan fingerprint density at radius 3 is 2.52 bits per heavy atom. The van der Waals surface area contributed by atoms with Crippen LogP contribution in [-0.2, 0) is 10.0 Å². The van der Waals surface area contributed by atoms with Crippen LogP contribution in [0.4, 0.5) is 14.5 Å². The minimum absolute atomic E-state index is 0.0903. The second kappa shape index (κ2) is 7.08. The Kier molecular flexibility index (Phi) is 4.98. The van der Waals surface area contributed by atoms with E-state index in [1.54, 1.807) is 0 Å². The van der Waals surface area contributed by atoms with E-state index in [0.29, 0.717) is 4.68 Å². The van der Waals surface area contributed by atoms with Gasteiger partial charge < -0.3 is 0 Å². The Morgan fingerprint density at radius 1 is 1.15 bits per heavy atom. The number of nitrogens with zero attached hydrogens (tertiary/aromatic N) is 4. The molecule has 0 amide bonds. The van der Waals surface area contributed by atoms with Gasteiger partial charge in [0.15, 0.2) is 5.82 Å². The van der Waals surface area contributed by atoms with Crippen LogP contribution in [0.3, 0.4) is 0 Å². The molecule has 0 aliphatic rings. The van der Waals surface area contributed by atoms with Gasteiger partial charge in [-0.05, 0) is 47.7 Å². The van der Waals surface area contributed by atoms with Crippen molar-refractivity contribution in [2.45, 2.75) is 6.92 Å². The third-order valence-electron chi connectivity index (χ3n) is 3.54. The quantitative estimate of drug-likeness (QED) is 0.688. The average Bonchev–Trinajstić information content (AvgIpc) is 2.98. The van der Waals surface area contributed by atoms with Crippen molar-refractivity contribution < 1.29 is 17.2 Å². The van der Waals surface area contributed by atoms with Gasteiger partial charge >= 0.3 is 5.69 Å². The first-order chi connectivity index (χ1) is 12.7. The summed E-state index contributed by atoms with van der Waals surface area (Å²) in [6.07, 6.45) is 0. The summed E-state index contributed by atoms with van der Waals surface area (Å²) in [5.41, 5.74) is -1.29. The summed E-state index contributed by atoms with van der Waals surface area (Å²) in [6.45, 7) is 1.41. The molecule has 142 valence electrons. The number of sulfonamides is 1. The largest absolute Gasteiger partial charge is 0.373 e. The lowest BCUT2D eigenvalue weighted by molar-refractivity contribution is 0.600. The maximum atomic E-state index is 14.3. The van der Waals surface area contributed by atoms with E-state index in [9.17, 15) is 22.0 Å². The van der Waals surface area contributed by atoms with Crippen LogP contribution < -0.4 is 10.4 Å². The van der Waals surface area contributed by atoms with Gasteiger partial charge in [-0.15, -0.1) is 0 Å². The number of anilines is 1. The van der Waals surface area contributed by atoms with Crippen LogP contribution in [0.25, 0.3) is 11.4 Å². The molecule has 3 aromatic rings. The van der Waals surface area contributed by atoms with Crippen molar-refractivity contribution >= 4 is 27.3 Å². The van der Waals surface area contributed by atoms with E-state index in [2.05, 4.69) is 15.1 Å². The summed E-state index contributed by atoms with van der Waals surface area (Å²) in [4.78, 5) is 12.5. The van der Waals surface area contributed by atoms with Gasteiger partial charge in [0, 0.05) is 0 Å². The molecule has 0 atom stereocenters. The van der Waals surface area contributed by atoms with Crippen molar-refractivity contribution in [2.75, 3.05) is 10.5 Å². The highest BCUT2D eigenvalue weighted by atomic mass is 35.5. The fourth-order valence-electron chi connectivity index (χ4n) is 2.19. The van der Waals surface area contributed by atoms with E-state index in [1.165, 1.54) is 25.1 Å². The van der Waals surface area contributed by atoms with E-state index in [4.69, 9.17) is 11.6 Å². The number of aromatic nitrogens is 4. The molecule has 27 heavy (non-hydrogen) atoms. The highest BCUT2D eigenvalue weighted by Gasteiger charge is 2.19. The topological polar surface area (TPSA) is 98.9 Å². The van der Waals surface area contributed by atoms with Gasteiger partial charge in [0.1, 0.15) is 11.5 Å². The zero-order chi connectivity index (χ0) is 19.8.